The van der Waals surface area contributed by atoms with E-state index >= 15 is 0 Å². The van der Waals surface area contributed by atoms with Crippen LogP contribution in [0.25, 0.3) is 0 Å². The molecule has 1 aliphatic heterocycles. The molecule has 0 spiro atoms. The second-order valence-electron chi connectivity index (χ2n) is 7.41. The lowest BCUT2D eigenvalue weighted by molar-refractivity contribution is 0.173. The van der Waals surface area contributed by atoms with Gasteiger partial charge in [-0.05, 0) is 48.2 Å². The standard InChI is InChI=1S/C22H22F2N4O2/c23-18-7-3-15(4-8-18)12-20-26-27-21(30-20)17-2-1-11-28(14-17)22(29)25-13-16-5-9-19(24)10-6-16/h3-10,17H,1-2,11-14H2,(H,25,29)/t17-/m1/s1. The lowest BCUT2D eigenvalue weighted by atomic mass is 9.98. The van der Waals surface area contributed by atoms with Crippen LogP contribution in [0, 0.1) is 11.6 Å². The average molecular weight is 412 g/mol. The summed E-state index contributed by atoms with van der Waals surface area (Å²) in [5.74, 6) is 0.370. The lowest BCUT2D eigenvalue weighted by Crippen LogP contribution is -2.44. The molecule has 0 aliphatic carbocycles. The SMILES string of the molecule is O=C(NCc1ccc(F)cc1)N1CCC[C@@H](c2nnc(Cc3ccc(F)cc3)o2)C1. The Hall–Kier alpha value is -3.29. The summed E-state index contributed by atoms with van der Waals surface area (Å²) in [5, 5.41) is 11.1. The third kappa shape index (κ3) is 5.00. The van der Waals surface area contributed by atoms with Gasteiger partial charge in [-0.3, -0.25) is 0 Å². The Morgan fingerprint density at radius 2 is 1.70 bits per heavy atom. The van der Waals surface area contributed by atoms with Crippen molar-refractivity contribution < 1.29 is 18.0 Å². The topological polar surface area (TPSA) is 71.3 Å². The molecule has 0 bridgehead atoms. The molecule has 4 rings (SSSR count). The van der Waals surface area contributed by atoms with Crippen molar-refractivity contribution in [2.45, 2.75) is 31.7 Å². The number of aromatic nitrogens is 2. The van der Waals surface area contributed by atoms with Gasteiger partial charge in [0, 0.05) is 19.6 Å². The number of piperidine rings is 1. The molecule has 2 amide bonds. The summed E-state index contributed by atoms with van der Waals surface area (Å²) in [6, 6.07) is 12.0. The minimum Gasteiger partial charge on any atom is -0.425 e. The van der Waals surface area contributed by atoms with Gasteiger partial charge in [-0.1, -0.05) is 24.3 Å². The second kappa shape index (κ2) is 9.02. The third-order valence-corrected chi connectivity index (χ3v) is 5.17. The maximum absolute atomic E-state index is 13.0. The van der Waals surface area contributed by atoms with Crippen LogP contribution in [0.3, 0.4) is 0 Å². The molecular formula is C22H22F2N4O2. The predicted octanol–water partition coefficient (Wildman–Crippen LogP) is 4.03. The average Bonchev–Trinajstić information content (AvgIpc) is 3.23. The number of rotatable bonds is 5. The number of halogens is 2. The first-order valence-corrected chi connectivity index (χ1v) is 9.91. The number of hydrogen-bond donors (Lipinski definition) is 1. The molecule has 1 atom stereocenters. The highest BCUT2D eigenvalue weighted by Crippen LogP contribution is 2.26. The van der Waals surface area contributed by atoms with Crippen LogP contribution < -0.4 is 5.32 Å². The molecule has 1 N–H and O–H groups in total. The van der Waals surface area contributed by atoms with Crippen LogP contribution in [0.1, 0.15) is 41.7 Å². The van der Waals surface area contributed by atoms with E-state index in [2.05, 4.69) is 15.5 Å². The highest BCUT2D eigenvalue weighted by atomic mass is 19.1. The Morgan fingerprint density at radius 3 is 2.40 bits per heavy atom. The molecule has 0 radical (unpaired) electrons. The number of nitrogens with zero attached hydrogens (tertiary/aromatic N) is 3. The second-order valence-corrected chi connectivity index (χ2v) is 7.41. The molecule has 8 heteroatoms. The summed E-state index contributed by atoms with van der Waals surface area (Å²) >= 11 is 0. The van der Waals surface area contributed by atoms with Crippen LogP contribution in [0.15, 0.2) is 52.9 Å². The minimum absolute atomic E-state index is 0.0233. The Bertz CT molecular complexity index is 989. The number of hydrogen-bond acceptors (Lipinski definition) is 4. The monoisotopic (exact) mass is 412 g/mol. The van der Waals surface area contributed by atoms with Crippen molar-refractivity contribution in [1.29, 1.82) is 0 Å². The first kappa shape index (κ1) is 20.0. The van der Waals surface area contributed by atoms with Crippen molar-refractivity contribution in [2.24, 2.45) is 0 Å². The number of urea groups is 1. The van der Waals surface area contributed by atoms with Crippen molar-refractivity contribution in [1.82, 2.24) is 20.4 Å². The first-order chi connectivity index (χ1) is 14.6. The Kier molecular flexibility index (Phi) is 6.02. The molecule has 1 saturated heterocycles. The first-order valence-electron chi connectivity index (χ1n) is 9.91. The van der Waals surface area contributed by atoms with Crippen LogP contribution >= 0.6 is 0 Å². The van der Waals surface area contributed by atoms with Gasteiger partial charge in [0.25, 0.3) is 0 Å². The molecule has 6 nitrogen and oxygen atoms in total. The van der Waals surface area contributed by atoms with Gasteiger partial charge in [0.15, 0.2) is 0 Å². The van der Waals surface area contributed by atoms with E-state index in [9.17, 15) is 13.6 Å². The van der Waals surface area contributed by atoms with Crippen molar-refractivity contribution >= 4 is 6.03 Å². The fourth-order valence-electron chi connectivity index (χ4n) is 3.53. The molecular weight excluding hydrogens is 390 g/mol. The molecule has 1 aliphatic rings. The highest BCUT2D eigenvalue weighted by Gasteiger charge is 2.28. The van der Waals surface area contributed by atoms with E-state index in [-0.39, 0.29) is 23.6 Å². The summed E-state index contributed by atoms with van der Waals surface area (Å²) in [5.41, 5.74) is 1.72. The summed E-state index contributed by atoms with van der Waals surface area (Å²) in [6.07, 6.45) is 2.13. The van der Waals surface area contributed by atoms with E-state index in [0.717, 1.165) is 24.0 Å². The zero-order chi connectivity index (χ0) is 20.9. The molecule has 156 valence electrons. The van der Waals surface area contributed by atoms with E-state index < -0.39 is 0 Å². The smallest absolute Gasteiger partial charge is 0.317 e. The number of benzene rings is 2. The molecule has 0 saturated carbocycles. The van der Waals surface area contributed by atoms with Gasteiger partial charge in [0.05, 0.1) is 12.3 Å². The van der Waals surface area contributed by atoms with Crippen LogP contribution in [0.2, 0.25) is 0 Å². The van der Waals surface area contributed by atoms with Crippen molar-refractivity contribution in [3.63, 3.8) is 0 Å². The quantitative estimate of drug-likeness (QED) is 0.687. The molecule has 3 aromatic rings. The fraction of sp³-hybridized carbons (Fsp3) is 0.318. The van der Waals surface area contributed by atoms with Gasteiger partial charge in [0.2, 0.25) is 11.8 Å². The predicted molar refractivity (Wildman–Crippen MR) is 106 cm³/mol. The zero-order valence-corrected chi connectivity index (χ0v) is 16.4. The summed E-state index contributed by atoms with van der Waals surface area (Å²) in [7, 11) is 0. The lowest BCUT2D eigenvalue weighted by Gasteiger charge is -2.31. The maximum atomic E-state index is 13.0. The zero-order valence-electron chi connectivity index (χ0n) is 16.4. The number of amides is 2. The van der Waals surface area contributed by atoms with E-state index in [1.807, 2.05) is 0 Å². The summed E-state index contributed by atoms with van der Waals surface area (Å²) in [6.45, 7) is 1.48. The van der Waals surface area contributed by atoms with Gasteiger partial charge in [-0.15, -0.1) is 10.2 Å². The van der Waals surface area contributed by atoms with E-state index in [1.165, 1.54) is 24.3 Å². The normalized spacial score (nSPS) is 16.5. The number of carbonyl (C=O) groups excluding carboxylic acids is 1. The van der Waals surface area contributed by atoms with Crippen LogP contribution in [0.4, 0.5) is 13.6 Å². The molecule has 30 heavy (non-hydrogen) atoms. The van der Waals surface area contributed by atoms with Crippen LogP contribution in [-0.2, 0) is 13.0 Å². The summed E-state index contributed by atoms with van der Waals surface area (Å²) < 4.78 is 31.8. The molecule has 1 aromatic heterocycles. The van der Waals surface area contributed by atoms with Crippen LogP contribution in [0.5, 0.6) is 0 Å². The van der Waals surface area contributed by atoms with E-state index in [0.29, 0.717) is 37.8 Å². The van der Waals surface area contributed by atoms with Gasteiger partial charge in [-0.25, -0.2) is 13.6 Å². The van der Waals surface area contributed by atoms with Crippen molar-refractivity contribution in [3.8, 4) is 0 Å². The molecule has 0 unspecified atom stereocenters. The van der Waals surface area contributed by atoms with Gasteiger partial charge in [-0.2, -0.15) is 0 Å². The Labute approximate surface area is 172 Å². The Morgan fingerprint density at radius 1 is 1.03 bits per heavy atom. The van der Waals surface area contributed by atoms with Gasteiger partial charge in [0.1, 0.15) is 11.6 Å². The summed E-state index contributed by atoms with van der Waals surface area (Å²) in [4.78, 5) is 14.3. The minimum atomic E-state index is -0.303. The van der Waals surface area contributed by atoms with Gasteiger partial charge < -0.3 is 14.6 Å². The van der Waals surface area contributed by atoms with E-state index in [4.69, 9.17) is 4.42 Å². The number of likely N-dealkylation sites (tertiary alicyclic amines) is 1. The van der Waals surface area contributed by atoms with E-state index in [1.54, 1.807) is 29.2 Å². The largest absolute Gasteiger partial charge is 0.425 e. The highest BCUT2D eigenvalue weighted by molar-refractivity contribution is 5.74. The molecule has 1 fully saturated rings. The van der Waals surface area contributed by atoms with Crippen molar-refractivity contribution in [2.75, 3.05) is 13.1 Å². The third-order valence-electron chi connectivity index (χ3n) is 5.17. The molecule has 2 heterocycles. The number of carbonyl (C=O) groups is 1. The Balaban J connectivity index is 1.33. The molecule has 2 aromatic carbocycles. The fourth-order valence-corrected chi connectivity index (χ4v) is 3.53. The maximum Gasteiger partial charge on any atom is 0.317 e. The van der Waals surface area contributed by atoms with Crippen molar-refractivity contribution in [3.05, 3.63) is 83.1 Å². The van der Waals surface area contributed by atoms with Crippen LogP contribution in [-0.4, -0.2) is 34.2 Å². The number of nitrogens with one attached hydrogen (secondary N) is 1. The van der Waals surface area contributed by atoms with Gasteiger partial charge >= 0.3 is 6.03 Å².